The fourth-order valence-electron chi connectivity index (χ4n) is 8.21. The Balaban J connectivity index is 0.885. The number of nitrogens with zero attached hydrogens (tertiary/aromatic N) is 4. The maximum atomic E-state index is 14.2. The van der Waals surface area contributed by atoms with Gasteiger partial charge in [-0.15, -0.1) is 0 Å². The van der Waals surface area contributed by atoms with Crippen molar-refractivity contribution < 1.29 is 28.8 Å². The highest BCUT2D eigenvalue weighted by atomic mass is 16.2. The van der Waals surface area contributed by atoms with Crippen LogP contribution in [0.2, 0.25) is 0 Å². The van der Waals surface area contributed by atoms with E-state index in [0.29, 0.717) is 59.8 Å². The molecule has 0 fully saturated rings. The van der Waals surface area contributed by atoms with Gasteiger partial charge in [-0.3, -0.25) is 28.8 Å². The van der Waals surface area contributed by atoms with Gasteiger partial charge < -0.3 is 19.6 Å². The number of carbonyl (C=O) groups excluding carboxylic acids is 6. The predicted octanol–water partition coefficient (Wildman–Crippen LogP) is 6.87. The van der Waals surface area contributed by atoms with E-state index < -0.39 is 23.4 Å². The Hall–Kier alpha value is -6.16. The van der Waals surface area contributed by atoms with Gasteiger partial charge in [-0.2, -0.15) is 0 Å². The molecule has 4 aromatic carbocycles. The van der Waals surface area contributed by atoms with Crippen LogP contribution in [0.25, 0.3) is 11.1 Å². The summed E-state index contributed by atoms with van der Waals surface area (Å²) in [7, 11) is 0. The van der Waals surface area contributed by atoms with Crippen LogP contribution in [0.1, 0.15) is 83.2 Å². The Bertz CT molecular complexity index is 2100. The molecule has 0 N–H and O–H groups in total. The number of para-hydroxylation sites is 4. The van der Waals surface area contributed by atoms with E-state index in [-0.39, 0.29) is 11.8 Å². The van der Waals surface area contributed by atoms with Crippen LogP contribution in [0.4, 0.5) is 22.7 Å². The minimum atomic E-state index is -0.476. The third kappa shape index (κ3) is 6.01. The van der Waals surface area contributed by atoms with Crippen LogP contribution in [-0.4, -0.2) is 61.4 Å². The number of Topliss-reactive ketones (excluding diaryl/α,β-unsaturated/α-hetero) is 2. The van der Waals surface area contributed by atoms with Crippen molar-refractivity contribution in [3.8, 4) is 0 Å². The first-order valence-corrected chi connectivity index (χ1v) is 18.8. The Morgan fingerprint density at radius 3 is 0.889 bits per heavy atom. The molecular formula is C44H40N4O6. The van der Waals surface area contributed by atoms with E-state index in [0.717, 1.165) is 73.9 Å². The molecule has 0 atom stereocenters. The molecule has 0 bridgehead atoms. The minimum absolute atomic E-state index is 0.175. The zero-order valence-electron chi connectivity index (χ0n) is 30.0. The summed E-state index contributed by atoms with van der Waals surface area (Å²) in [4.78, 5) is 84.9. The molecular weight excluding hydrogens is 681 g/mol. The molecule has 0 aliphatic carbocycles. The number of anilines is 4. The number of benzene rings is 4. The highest BCUT2D eigenvalue weighted by molar-refractivity contribution is 6.53. The molecule has 0 saturated carbocycles. The molecule has 272 valence electrons. The lowest BCUT2D eigenvalue weighted by Crippen LogP contribution is -2.31. The van der Waals surface area contributed by atoms with Crippen LogP contribution in [0.15, 0.2) is 97.1 Å². The number of carbonyl (C=O) groups is 6. The molecule has 0 unspecified atom stereocenters. The fourth-order valence-corrected chi connectivity index (χ4v) is 8.21. The second kappa shape index (κ2) is 14.7. The van der Waals surface area contributed by atoms with E-state index in [2.05, 4.69) is 0 Å². The van der Waals surface area contributed by atoms with Gasteiger partial charge >= 0.3 is 0 Å². The van der Waals surface area contributed by atoms with Crippen molar-refractivity contribution in [2.45, 2.75) is 51.4 Å². The first-order valence-electron chi connectivity index (χ1n) is 18.8. The molecule has 4 amide bonds. The monoisotopic (exact) mass is 720 g/mol. The number of hydrogen-bond acceptors (Lipinski definition) is 6. The molecule has 10 nitrogen and oxygen atoms in total. The number of ketones is 2. The summed E-state index contributed by atoms with van der Waals surface area (Å²) in [5.41, 5.74) is 6.25. The maximum Gasteiger partial charge on any atom is 0.299 e. The second-order valence-electron chi connectivity index (χ2n) is 14.1. The largest absolute Gasteiger partial charge is 0.308 e. The molecule has 10 heteroatoms. The Labute approximate surface area is 313 Å². The van der Waals surface area contributed by atoms with Gasteiger partial charge in [-0.05, 0) is 62.1 Å². The SMILES string of the molecule is O=C1C(=O)N(CCCCCCN2C(=O)/C(=C3\C(=O)N(CCCCCCN4C(=O)C(=O)c5ccccc54)c4ccccc43)c3ccccc32)c2ccccc21. The first kappa shape index (κ1) is 34.9. The smallest absolute Gasteiger partial charge is 0.299 e. The summed E-state index contributed by atoms with van der Waals surface area (Å²) in [6.45, 7) is 1.94. The van der Waals surface area contributed by atoms with Crippen molar-refractivity contribution in [1.82, 2.24) is 0 Å². The van der Waals surface area contributed by atoms with Crippen LogP contribution in [0, 0.1) is 0 Å². The van der Waals surface area contributed by atoms with Crippen LogP contribution < -0.4 is 19.6 Å². The average Bonchev–Trinajstić information content (AvgIpc) is 3.81. The van der Waals surface area contributed by atoms with Crippen LogP contribution >= 0.6 is 0 Å². The van der Waals surface area contributed by atoms with Crippen LogP contribution in [-0.2, 0) is 19.2 Å². The molecule has 4 heterocycles. The third-order valence-electron chi connectivity index (χ3n) is 10.9. The molecule has 8 rings (SSSR count). The molecule has 0 saturated heterocycles. The minimum Gasteiger partial charge on any atom is -0.308 e. The molecule has 54 heavy (non-hydrogen) atoms. The van der Waals surface area contributed by atoms with E-state index in [9.17, 15) is 28.8 Å². The van der Waals surface area contributed by atoms with E-state index in [1.807, 2.05) is 60.7 Å². The van der Waals surface area contributed by atoms with Crippen molar-refractivity contribution in [2.24, 2.45) is 0 Å². The summed E-state index contributed by atoms with van der Waals surface area (Å²) >= 11 is 0. The van der Waals surface area contributed by atoms with Gasteiger partial charge in [0.05, 0.1) is 45.0 Å². The summed E-state index contributed by atoms with van der Waals surface area (Å²) in [5, 5.41) is 0. The summed E-state index contributed by atoms with van der Waals surface area (Å²) in [6, 6.07) is 29.5. The van der Waals surface area contributed by atoms with E-state index >= 15 is 0 Å². The predicted molar refractivity (Wildman–Crippen MR) is 208 cm³/mol. The quantitative estimate of drug-likeness (QED) is 0.0798. The lowest BCUT2D eigenvalue weighted by Gasteiger charge is -2.18. The van der Waals surface area contributed by atoms with Crippen molar-refractivity contribution >= 4 is 69.1 Å². The van der Waals surface area contributed by atoms with Crippen molar-refractivity contribution in [3.05, 3.63) is 119 Å². The normalized spacial score (nSPS) is 17.3. The average molecular weight is 721 g/mol. The van der Waals surface area contributed by atoms with Gasteiger partial charge in [0, 0.05) is 37.3 Å². The lowest BCUT2D eigenvalue weighted by molar-refractivity contribution is -0.114. The third-order valence-corrected chi connectivity index (χ3v) is 10.9. The van der Waals surface area contributed by atoms with Gasteiger partial charge in [-0.25, -0.2) is 0 Å². The summed E-state index contributed by atoms with van der Waals surface area (Å²) < 4.78 is 0. The Morgan fingerprint density at radius 2 is 0.556 bits per heavy atom. The maximum absolute atomic E-state index is 14.2. The van der Waals surface area contributed by atoms with Gasteiger partial charge in [0.2, 0.25) is 0 Å². The number of hydrogen-bond donors (Lipinski definition) is 0. The molecule has 0 radical (unpaired) electrons. The van der Waals surface area contributed by atoms with E-state index in [1.54, 1.807) is 56.0 Å². The zero-order chi connectivity index (χ0) is 37.3. The Morgan fingerprint density at radius 1 is 0.296 bits per heavy atom. The molecule has 4 aliphatic rings. The van der Waals surface area contributed by atoms with Gasteiger partial charge in [0.15, 0.2) is 0 Å². The standard InChI is InChI=1S/C44H40N4O6/c49-39-31-19-7-11-23-35(31)47(43(39)53)27-15-3-1-13-25-45-33-21-9-5-17-29(33)37(41(45)51)38-30-18-6-10-22-34(30)46(42(38)52)26-14-2-4-16-28-48-36-24-12-8-20-32(36)40(50)44(48)54/h5-12,17-24H,1-4,13-16,25-28H2/b38-37-. The topological polar surface area (TPSA) is 115 Å². The summed E-state index contributed by atoms with van der Waals surface area (Å²) in [5.74, 6) is -2.21. The molecule has 0 aromatic heterocycles. The van der Waals surface area contributed by atoms with E-state index in [4.69, 9.17) is 0 Å². The van der Waals surface area contributed by atoms with Crippen LogP contribution in [0.5, 0.6) is 0 Å². The first-order chi connectivity index (χ1) is 26.4. The molecule has 4 aromatic rings. The van der Waals surface area contributed by atoms with Crippen molar-refractivity contribution in [1.29, 1.82) is 0 Å². The van der Waals surface area contributed by atoms with Crippen LogP contribution in [0.3, 0.4) is 0 Å². The van der Waals surface area contributed by atoms with Crippen molar-refractivity contribution in [2.75, 3.05) is 45.8 Å². The highest BCUT2D eigenvalue weighted by Crippen LogP contribution is 2.46. The Kier molecular flexibility index (Phi) is 9.50. The second-order valence-corrected chi connectivity index (χ2v) is 14.1. The number of unbranched alkanes of at least 4 members (excludes halogenated alkanes) is 6. The zero-order valence-corrected chi connectivity index (χ0v) is 30.0. The molecule has 0 spiro atoms. The number of fused-ring (bicyclic) bond motifs is 4. The lowest BCUT2D eigenvalue weighted by atomic mass is 9.96. The van der Waals surface area contributed by atoms with Gasteiger partial charge in [0.1, 0.15) is 0 Å². The van der Waals surface area contributed by atoms with Crippen molar-refractivity contribution in [3.63, 3.8) is 0 Å². The molecule has 4 aliphatic heterocycles. The van der Waals surface area contributed by atoms with E-state index in [1.165, 1.54) is 0 Å². The highest BCUT2D eigenvalue weighted by Gasteiger charge is 2.42. The fraction of sp³-hybridized carbons (Fsp3) is 0.273. The number of rotatable bonds is 14. The van der Waals surface area contributed by atoms with Gasteiger partial charge in [-0.1, -0.05) is 86.3 Å². The van der Waals surface area contributed by atoms with Gasteiger partial charge in [0.25, 0.3) is 35.2 Å². The summed E-state index contributed by atoms with van der Waals surface area (Å²) in [6.07, 6.45) is 6.32. The number of amides is 4.